The second kappa shape index (κ2) is 11.6. The SMILES string of the molecule is CCC(Sc1nnc(C(C)NC(=O)c2ccccc2)n1CC)C(=O)Nc1cccc(C(C)=O)c1. The Kier molecular flexibility index (Phi) is 8.59. The highest BCUT2D eigenvalue weighted by Gasteiger charge is 2.25. The van der Waals surface area contributed by atoms with Crippen molar-refractivity contribution in [2.75, 3.05) is 5.32 Å². The standard InChI is InChI=1S/C25H29N5O3S/c1-5-21(24(33)27-20-14-10-13-19(15-20)17(4)31)34-25-29-28-22(30(25)6-2)16(3)26-23(32)18-11-8-7-9-12-18/h7-16,21H,5-6H2,1-4H3,(H,26,32)(H,27,33). The molecule has 0 radical (unpaired) electrons. The van der Waals surface area contributed by atoms with Crippen LogP contribution >= 0.6 is 11.8 Å². The quantitative estimate of drug-likeness (QED) is 0.328. The van der Waals surface area contributed by atoms with Crippen molar-refractivity contribution >= 4 is 35.0 Å². The van der Waals surface area contributed by atoms with Crippen LogP contribution in [0.1, 0.15) is 66.7 Å². The van der Waals surface area contributed by atoms with Gasteiger partial charge in [0.15, 0.2) is 16.8 Å². The smallest absolute Gasteiger partial charge is 0.251 e. The predicted octanol–water partition coefficient (Wildman–Crippen LogP) is 4.50. The molecule has 2 aromatic carbocycles. The molecule has 1 heterocycles. The van der Waals surface area contributed by atoms with Crippen molar-refractivity contribution < 1.29 is 14.4 Å². The van der Waals surface area contributed by atoms with E-state index in [1.807, 2.05) is 43.5 Å². The first-order valence-corrected chi connectivity index (χ1v) is 12.1. The summed E-state index contributed by atoms with van der Waals surface area (Å²) in [5, 5.41) is 14.7. The molecule has 34 heavy (non-hydrogen) atoms. The van der Waals surface area contributed by atoms with Crippen LogP contribution in [-0.4, -0.2) is 37.6 Å². The lowest BCUT2D eigenvalue weighted by Crippen LogP contribution is -2.29. The van der Waals surface area contributed by atoms with E-state index in [9.17, 15) is 14.4 Å². The second-order valence-corrected chi connectivity index (χ2v) is 8.96. The van der Waals surface area contributed by atoms with E-state index in [0.717, 1.165) is 0 Å². The molecule has 0 spiro atoms. The molecule has 0 aliphatic carbocycles. The van der Waals surface area contributed by atoms with Crippen molar-refractivity contribution in [1.82, 2.24) is 20.1 Å². The van der Waals surface area contributed by atoms with Gasteiger partial charge in [-0.25, -0.2) is 0 Å². The minimum atomic E-state index is -0.405. The van der Waals surface area contributed by atoms with Crippen molar-refractivity contribution in [3.63, 3.8) is 0 Å². The van der Waals surface area contributed by atoms with Gasteiger partial charge in [0, 0.05) is 23.4 Å². The number of hydrogen-bond acceptors (Lipinski definition) is 6. The fraction of sp³-hybridized carbons (Fsp3) is 0.320. The summed E-state index contributed by atoms with van der Waals surface area (Å²) in [6, 6.07) is 15.5. The third-order valence-electron chi connectivity index (χ3n) is 5.28. The summed E-state index contributed by atoms with van der Waals surface area (Å²) in [6.07, 6.45) is 0.578. The first-order chi connectivity index (χ1) is 16.3. The maximum atomic E-state index is 12.9. The van der Waals surface area contributed by atoms with Gasteiger partial charge in [-0.15, -0.1) is 10.2 Å². The number of Topliss-reactive ketones (excluding diaryl/α,β-unsaturated/α-hetero) is 1. The van der Waals surface area contributed by atoms with Gasteiger partial charge in [-0.2, -0.15) is 0 Å². The number of rotatable bonds is 10. The number of nitrogens with zero attached hydrogens (tertiary/aromatic N) is 3. The van der Waals surface area contributed by atoms with Crippen molar-refractivity contribution in [2.45, 2.75) is 57.1 Å². The Hall–Kier alpha value is -3.46. The molecule has 2 unspecified atom stereocenters. The molecular formula is C25H29N5O3S. The van der Waals surface area contributed by atoms with Gasteiger partial charge in [-0.1, -0.05) is 49.0 Å². The lowest BCUT2D eigenvalue weighted by molar-refractivity contribution is -0.115. The van der Waals surface area contributed by atoms with Crippen LogP contribution in [0, 0.1) is 0 Å². The molecule has 8 nitrogen and oxygen atoms in total. The Labute approximate surface area is 203 Å². The average molecular weight is 480 g/mol. The number of carbonyl (C=O) groups excluding carboxylic acids is 3. The van der Waals surface area contributed by atoms with E-state index in [4.69, 9.17) is 0 Å². The zero-order valence-corrected chi connectivity index (χ0v) is 20.6. The number of thioether (sulfide) groups is 1. The zero-order chi connectivity index (χ0) is 24.7. The van der Waals surface area contributed by atoms with E-state index in [2.05, 4.69) is 20.8 Å². The number of amides is 2. The highest BCUT2D eigenvalue weighted by Crippen LogP contribution is 2.27. The molecule has 0 bridgehead atoms. The average Bonchev–Trinajstić information content (AvgIpc) is 3.25. The van der Waals surface area contributed by atoms with Crippen LogP contribution in [0.4, 0.5) is 5.69 Å². The molecule has 9 heteroatoms. The Morgan fingerprint density at radius 3 is 2.35 bits per heavy atom. The van der Waals surface area contributed by atoms with Crippen molar-refractivity contribution in [1.29, 1.82) is 0 Å². The van der Waals surface area contributed by atoms with E-state index in [0.29, 0.717) is 40.8 Å². The van der Waals surface area contributed by atoms with Crippen molar-refractivity contribution in [3.05, 3.63) is 71.5 Å². The molecule has 0 fully saturated rings. The minimum Gasteiger partial charge on any atom is -0.342 e. The van der Waals surface area contributed by atoms with Crippen LogP contribution in [0.25, 0.3) is 0 Å². The minimum absolute atomic E-state index is 0.0606. The third kappa shape index (κ3) is 6.11. The Bertz CT molecular complexity index is 1160. The van der Waals surface area contributed by atoms with E-state index < -0.39 is 5.25 Å². The highest BCUT2D eigenvalue weighted by molar-refractivity contribution is 8.00. The van der Waals surface area contributed by atoms with E-state index in [1.54, 1.807) is 36.4 Å². The summed E-state index contributed by atoms with van der Waals surface area (Å²) in [4.78, 5) is 37.1. The number of benzene rings is 2. The normalized spacial score (nSPS) is 12.6. The van der Waals surface area contributed by atoms with E-state index >= 15 is 0 Å². The van der Waals surface area contributed by atoms with E-state index in [1.165, 1.54) is 18.7 Å². The van der Waals surface area contributed by atoms with E-state index in [-0.39, 0.29) is 23.6 Å². The number of anilines is 1. The fourth-order valence-corrected chi connectivity index (χ4v) is 4.45. The van der Waals surface area contributed by atoms with Gasteiger partial charge in [-0.05, 0) is 51.5 Å². The summed E-state index contributed by atoms with van der Waals surface area (Å²) in [6.45, 7) is 7.84. The molecule has 0 aliphatic heterocycles. The van der Waals surface area contributed by atoms with Gasteiger partial charge in [0.25, 0.3) is 5.91 Å². The number of carbonyl (C=O) groups is 3. The van der Waals surface area contributed by atoms with Crippen molar-refractivity contribution in [3.8, 4) is 0 Å². The molecule has 1 aromatic heterocycles. The van der Waals surface area contributed by atoms with Crippen LogP contribution in [0.2, 0.25) is 0 Å². The maximum absolute atomic E-state index is 12.9. The summed E-state index contributed by atoms with van der Waals surface area (Å²) in [5.41, 5.74) is 1.69. The zero-order valence-electron chi connectivity index (χ0n) is 19.7. The molecule has 2 N–H and O–H groups in total. The van der Waals surface area contributed by atoms with Gasteiger partial charge in [0.1, 0.15) is 0 Å². The summed E-state index contributed by atoms with van der Waals surface area (Å²) < 4.78 is 1.91. The van der Waals surface area contributed by atoms with Gasteiger partial charge in [0.05, 0.1) is 11.3 Å². The first-order valence-electron chi connectivity index (χ1n) is 11.2. The molecule has 178 valence electrons. The van der Waals surface area contributed by atoms with Crippen LogP contribution in [-0.2, 0) is 11.3 Å². The molecular weight excluding hydrogens is 450 g/mol. The molecule has 2 atom stereocenters. The van der Waals surface area contributed by atoms with Crippen LogP contribution in [0.15, 0.2) is 59.8 Å². The lowest BCUT2D eigenvalue weighted by atomic mass is 10.1. The Balaban J connectivity index is 1.71. The summed E-state index contributed by atoms with van der Waals surface area (Å²) in [7, 11) is 0. The molecule has 0 saturated heterocycles. The molecule has 3 aromatic rings. The van der Waals surface area contributed by atoms with Gasteiger partial charge in [0.2, 0.25) is 5.91 Å². The number of aromatic nitrogens is 3. The fourth-order valence-electron chi connectivity index (χ4n) is 3.43. The summed E-state index contributed by atoms with van der Waals surface area (Å²) >= 11 is 1.33. The largest absolute Gasteiger partial charge is 0.342 e. The van der Waals surface area contributed by atoms with Gasteiger partial charge >= 0.3 is 0 Å². The Morgan fingerprint density at radius 2 is 1.71 bits per heavy atom. The Morgan fingerprint density at radius 1 is 1.00 bits per heavy atom. The lowest BCUT2D eigenvalue weighted by Gasteiger charge is -2.17. The maximum Gasteiger partial charge on any atom is 0.251 e. The first kappa shape index (κ1) is 25.2. The number of nitrogens with one attached hydrogen (secondary N) is 2. The molecule has 0 aliphatic rings. The van der Waals surface area contributed by atoms with Crippen LogP contribution in [0.5, 0.6) is 0 Å². The highest BCUT2D eigenvalue weighted by atomic mass is 32.2. The van der Waals surface area contributed by atoms with Crippen LogP contribution < -0.4 is 10.6 Å². The van der Waals surface area contributed by atoms with Gasteiger partial charge in [-0.3, -0.25) is 14.4 Å². The van der Waals surface area contributed by atoms with Gasteiger partial charge < -0.3 is 15.2 Å². The van der Waals surface area contributed by atoms with Crippen molar-refractivity contribution in [2.24, 2.45) is 0 Å². The summed E-state index contributed by atoms with van der Waals surface area (Å²) in [5.74, 6) is 0.200. The predicted molar refractivity (Wildman–Crippen MR) is 133 cm³/mol. The van der Waals surface area contributed by atoms with Crippen LogP contribution in [0.3, 0.4) is 0 Å². The molecule has 2 amide bonds. The monoisotopic (exact) mass is 479 g/mol. The molecule has 0 saturated carbocycles. The number of ketones is 1. The second-order valence-electron chi connectivity index (χ2n) is 7.79. The third-order valence-corrected chi connectivity index (χ3v) is 6.62. The number of hydrogen-bond donors (Lipinski definition) is 2. The molecule has 3 rings (SSSR count). The topological polar surface area (TPSA) is 106 Å².